The summed E-state index contributed by atoms with van der Waals surface area (Å²) in [4.78, 5) is 12.0. The summed E-state index contributed by atoms with van der Waals surface area (Å²) >= 11 is 0. The van der Waals surface area contributed by atoms with E-state index in [0.29, 0.717) is 0 Å². The summed E-state index contributed by atoms with van der Waals surface area (Å²) in [6.07, 6.45) is 0. The van der Waals surface area contributed by atoms with Crippen LogP contribution in [0.4, 0.5) is 5.69 Å². The van der Waals surface area contributed by atoms with Crippen molar-refractivity contribution in [1.82, 2.24) is 0 Å². The lowest BCUT2D eigenvalue weighted by Gasteiger charge is -2.26. The van der Waals surface area contributed by atoms with Gasteiger partial charge in [-0.2, -0.15) is 0 Å². The Balaban J connectivity index is 2.82. The molecule has 1 aromatic carbocycles. The molecule has 0 radical (unpaired) electrons. The Bertz CT molecular complexity index is 419. The minimum absolute atomic E-state index is 0.135. The van der Waals surface area contributed by atoms with Gasteiger partial charge in [0.25, 0.3) is 0 Å². The van der Waals surface area contributed by atoms with Gasteiger partial charge in [-0.3, -0.25) is 4.79 Å². The summed E-state index contributed by atoms with van der Waals surface area (Å²) in [5.41, 5.74) is 8.75. The monoisotopic (exact) mass is 234 g/mol. The van der Waals surface area contributed by atoms with Crippen LogP contribution in [0.2, 0.25) is 0 Å². The maximum absolute atomic E-state index is 12.0. The van der Waals surface area contributed by atoms with Crippen LogP contribution < -0.4 is 11.1 Å². The maximum atomic E-state index is 12.0. The molecule has 1 atom stereocenters. The molecule has 0 bridgehead atoms. The fraction of sp³-hybridized carbons (Fsp3) is 0.500. The van der Waals surface area contributed by atoms with E-state index in [1.807, 2.05) is 52.8 Å². The van der Waals surface area contributed by atoms with Crippen LogP contribution in [0, 0.1) is 19.3 Å². The molecule has 0 spiro atoms. The predicted octanol–water partition coefficient (Wildman–Crippen LogP) is 2.62. The fourth-order valence-corrected chi connectivity index (χ4v) is 1.56. The van der Waals surface area contributed by atoms with E-state index in [1.165, 1.54) is 5.56 Å². The zero-order valence-electron chi connectivity index (χ0n) is 11.3. The minimum atomic E-state index is -0.511. The second-order valence-electron chi connectivity index (χ2n) is 5.65. The third-order valence-corrected chi connectivity index (χ3v) is 2.86. The van der Waals surface area contributed by atoms with Gasteiger partial charge >= 0.3 is 0 Å². The van der Waals surface area contributed by atoms with Crippen molar-refractivity contribution in [3.63, 3.8) is 0 Å². The van der Waals surface area contributed by atoms with Gasteiger partial charge in [-0.05, 0) is 30.9 Å². The lowest BCUT2D eigenvalue weighted by Crippen LogP contribution is -2.45. The van der Waals surface area contributed by atoms with Crippen molar-refractivity contribution in [3.8, 4) is 0 Å². The lowest BCUT2D eigenvalue weighted by atomic mass is 9.87. The maximum Gasteiger partial charge on any atom is 0.241 e. The summed E-state index contributed by atoms with van der Waals surface area (Å²) in [6.45, 7) is 9.88. The number of benzene rings is 1. The number of amides is 1. The number of hydrogen-bond acceptors (Lipinski definition) is 2. The van der Waals surface area contributed by atoms with Crippen molar-refractivity contribution in [2.45, 2.75) is 40.7 Å². The van der Waals surface area contributed by atoms with E-state index in [4.69, 9.17) is 5.73 Å². The highest BCUT2D eigenvalue weighted by Crippen LogP contribution is 2.21. The van der Waals surface area contributed by atoms with Crippen LogP contribution in [0.1, 0.15) is 31.9 Å². The van der Waals surface area contributed by atoms with Gasteiger partial charge in [0.15, 0.2) is 0 Å². The molecule has 0 aliphatic carbocycles. The van der Waals surface area contributed by atoms with Gasteiger partial charge in [-0.25, -0.2) is 0 Å². The first-order valence-corrected chi connectivity index (χ1v) is 5.85. The van der Waals surface area contributed by atoms with Gasteiger partial charge < -0.3 is 11.1 Å². The number of rotatable bonds is 2. The SMILES string of the molecule is Cc1ccc(NC(=O)[C@H](N)C(C)(C)C)c(C)c1. The predicted molar refractivity (Wildman–Crippen MR) is 72.0 cm³/mol. The molecule has 1 aromatic rings. The molecule has 0 unspecified atom stereocenters. The van der Waals surface area contributed by atoms with Crippen molar-refractivity contribution in [1.29, 1.82) is 0 Å². The largest absolute Gasteiger partial charge is 0.324 e. The average molecular weight is 234 g/mol. The van der Waals surface area contributed by atoms with Gasteiger partial charge in [0.2, 0.25) is 5.91 Å². The lowest BCUT2D eigenvalue weighted by molar-refractivity contribution is -0.119. The molecule has 0 aromatic heterocycles. The zero-order chi connectivity index (χ0) is 13.2. The number of hydrogen-bond donors (Lipinski definition) is 2. The Morgan fingerprint density at radius 1 is 1.29 bits per heavy atom. The first-order chi connectivity index (χ1) is 7.71. The summed E-state index contributed by atoms with van der Waals surface area (Å²) in [6, 6.07) is 5.42. The molecule has 3 heteroatoms. The third-order valence-electron chi connectivity index (χ3n) is 2.86. The van der Waals surface area contributed by atoms with E-state index < -0.39 is 6.04 Å². The molecule has 17 heavy (non-hydrogen) atoms. The highest BCUT2D eigenvalue weighted by molar-refractivity contribution is 5.95. The van der Waals surface area contributed by atoms with E-state index in [-0.39, 0.29) is 11.3 Å². The van der Waals surface area contributed by atoms with Crippen LogP contribution in [-0.2, 0) is 4.79 Å². The molecule has 0 aliphatic rings. The van der Waals surface area contributed by atoms with Gasteiger partial charge in [0.05, 0.1) is 6.04 Å². The highest BCUT2D eigenvalue weighted by Gasteiger charge is 2.27. The normalized spacial score (nSPS) is 13.3. The number of anilines is 1. The van der Waals surface area contributed by atoms with Gasteiger partial charge in [0, 0.05) is 5.69 Å². The number of nitrogens with one attached hydrogen (secondary N) is 1. The Hall–Kier alpha value is -1.35. The van der Waals surface area contributed by atoms with Crippen LogP contribution in [0.3, 0.4) is 0 Å². The number of carbonyl (C=O) groups excluding carboxylic acids is 1. The Kier molecular flexibility index (Phi) is 3.94. The molecule has 0 aliphatic heterocycles. The van der Waals surface area contributed by atoms with E-state index in [9.17, 15) is 4.79 Å². The topological polar surface area (TPSA) is 55.1 Å². The first kappa shape index (κ1) is 13.7. The van der Waals surface area contributed by atoms with Gasteiger partial charge in [-0.15, -0.1) is 0 Å². The number of nitrogens with two attached hydrogens (primary N) is 1. The van der Waals surface area contributed by atoms with Crippen molar-refractivity contribution < 1.29 is 4.79 Å². The summed E-state index contributed by atoms with van der Waals surface area (Å²) in [5.74, 6) is -0.135. The molecule has 1 amide bonds. The third kappa shape index (κ3) is 3.56. The van der Waals surface area contributed by atoms with Crippen molar-refractivity contribution in [3.05, 3.63) is 29.3 Å². The Labute approximate surface area is 103 Å². The molecule has 0 fully saturated rings. The van der Waals surface area contributed by atoms with Gasteiger partial charge in [0.1, 0.15) is 0 Å². The standard InChI is InChI=1S/C14H22N2O/c1-9-6-7-11(10(2)8-9)16-13(17)12(15)14(3,4)5/h6-8,12H,15H2,1-5H3,(H,16,17)/t12-/m0/s1. The molecule has 0 heterocycles. The minimum Gasteiger partial charge on any atom is -0.324 e. The number of carbonyl (C=O) groups is 1. The summed E-state index contributed by atoms with van der Waals surface area (Å²) in [5, 5.41) is 2.88. The highest BCUT2D eigenvalue weighted by atomic mass is 16.2. The second-order valence-corrected chi connectivity index (χ2v) is 5.65. The van der Waals surface area contributed by atoms with Crippen molar-refractivity contribution in [2.75, 3.05) is 5.32 Å². The smallest absolute Gasteiger partial charge is 0.241 e. The van der Waals surface area contributed by atoms with Crippen LogP contribution in [0.25, 0.3) is 0 Å². The van der Waals surface area contributed by atoms with Crippen molar-refractivity contribution >= 4 is 11.6 Å². The molecule has 0 saturated heterocycles. The number of aryl methyl sites for hydroxylation is 2. The molecule has 94 valence electrons. The van der Waals surface area contributed by atoms with Crippen molar-refractivity contribution in [2.24, 2.45) is 11.1 Å². The summed E-state index contributed by atoms with van der Waals surface area (Å²) in [7, 11) is 0. The molecular weight excluding hydrogens is 212 g/mol. The Morgan fingerprint density at radius 2 is 1.88 bits per heavy atom. The summed E-state index contributed by atoms with van der Waals surface area (Å²) < 4.78 is 0. The fourth-order valence-electron chi connectivity index (χ4n) is 1.56. The zero-order valence-corrected chi connectivity index (χ0v) is 11.3. The first-order valence-electron chi connectivity index (χ1n) is 5.85. The van der Waals surface area contributed by atoms with E-state index >= 15 is 0 Å². The van der Waals surface area contributed by atoms with Crippen LogP contribution >= 0.6 is 0 Å². The van der Waals surface area contributed by atoms with Crippen LogP contribution in [0.15, 0.2) is 18.2 Å². The van der Waals surface area contributed by atoms with Crippen LogP contribution in [-0.4, -0.2) is 11.9 Å². The van der Waals surface area contributed by atoms with E-state index in [2.05, 4.69) is 5.32 Å². The molecule has 3 N–H and O–H groups in total. The molecule has 1 rings (SSSR count). The molecule has 0 saturated carbocycles. The van der Waals surface area contributed by atoms with Gasteiger partial charge in [-0.1, -0.05) is 38.5 Å². The quantitative estimate of drug-likeness (QED) is 0.826. The van der Waals surface area contributed by atoms with Crippen LogP contribution in [0.5, 0.6) is 0 Å². The molecule has 3 nitrogen and oxygen atoms in total. The van der Waals surface area contributed by atoms with E-state index in [0.717, 1.165) is 11.3 Å². The molecular formula is C14H22N2O. The second kappa shape index (κ2) is 4.88. The average Bonchev–Trinajstić information content (AvgIpc) is 2.19. The van der Waals surface area contributed by atoms with E-state index in [1.54, 1.807) is 0 Å². The Morgan fingerprint density at radius 3 is 2.35 bits per heavy atom.